The molecule has 1 aliphatic rings. The molecule has 0 bridgehead atoms. The average Bonchev–Trinajstić information content (AvgIpc) is 2.30. The van der Waals surface area contributed by atoms with Crippen molar-refractivity contribution < 1.29 is 0 Å². The largest absolute Gasteiger partial charge is 0.384 e. The fourth-order valence-electron chi connectivity index (χ4n) is 1.53. The number of nitrogens with zero attached hydrogens (tertiary/aromatic N) is 1. The zero-order chi connectivity index (χ0) is 10.7. The topological polar surface area (TPSA) is 74.3 Å². The number of hydrogen-bond donors (Lipinski definition) is 3. The molecule has 4 heteroatoms. The maximum atomic E-state index is 7.28. The minimum atomic E-state index is 0.0973. The molecule has 0 aromatic heterocycles. The van der Waals surface area contributed by atoms with Crippen LogP contribution in [0.2, 0.25) is 0 Å². The van der Waals surface area contributed by atoms with Gasteiger partial charge in [0.25, 0.3) is 0 Å². The number of nitrogens with two attached hydrogens (primary N) is 1. The number of hydrogen-bond acceptors (Lipinski definition) is 3. The van der Waals surface area contributed by atoms with Crippen LogP contribution in [0, 0.1) is 5.41 Å². The summed E-state index contributed by atoms with van der Waals surface area (Å²) < 4.78 is 0. The first-order valence-corrected chi connectivity index (χ1v) is 5.00. The second-order valence-electron chi connectivity index (χ2n) is 3.50. The molecule has 0 aliphatic carbocycles. The van der Waals surface area contributed by atoms with Gasteiger partial charge in [0, 0.05) is 24.2 Å². The molecule has 15 heavy (non-hydrogen) atoms. The van der Waals surface area contributed by atoms with Gasteiger partial charge in [-0.1, -0.05) is 24.3 Å². The van der Waals surface area contributed by atoms with Crippen molar-refractivity contribution in [3.05, 3.63) is 35.4 Å². The van der Waals surface area contributed by atoms with Crippen LogP contribution in [0.3, 0.4) is 0 Å². The minimum absolute atomic E-state index is 0.0973. The molecule has 0 saturated carbocycles. The summed E-state index contributed by atoms with van der Waals surface area (Å²) in [5.41, 5.74) is 7.18. The van der Waals surface area contributed by atoms with Gasteiger partial charge in [0.2, 0.25) is 0 Å². The van der Waals surface area contributed by atoms with Gasteiger partial charge in [-0.05, 0) is 6.42 Å². The third-order valence-corrected chi connectivity index (χ3v) is 2.37. The van der Waals surface area contributed by atoms with Crippen molar-refractivity contribution in [1.29, 1.82) is 5.41 Å². The number of rotatable bonds is 2. The Kier molecular flexibility index (Phi) is 2.67. The molecule has 4 N–H and O–H groups in total. The van der Waals surface area contributed by atoms with Gasteiger partial charge in [-0.2, -0.15) is 0 Å². The monoisotopic (exact) mass is 202 g/mol. The first kappa shape index (κ1) is 9.71. The van der Waals surface area contributed by atoms with E-state index in [1.54, 1.807) is 0 Å². The number of nitrogens with one attached hydrogen (secondary N) is 2. The fraction of sp³-hybridized carbons (Fsp3) is 0.273. The van der Waals surface area contributed by atoms with Crippen molar-refractivity contribution in [2.24, 2.45) is 10.7 Å². The van der Waals surface area contributed by atoms with Gasteiger partial charge in [-0.15, -0.1) is 0 Å². The van der Waals surface area contributed by atoms with Crippen molar-refractivity contribution in [3.63, 3.8) is 0 Å². The van der Waals surface area contributed by atoms with E-state index in [1.165, 1.54) is 0 Å². The molecule has 0 fully saturated rings. The van der Waals surface area contributed by atoms with Gasteiger partial charge < -0.3 is 11.1 Å². The van der Waals surface area contributed by atoms with Crippen LogP contribution in [0.5, 0.6) is 0 Å². The summed E-state index contributed by atoms with van der Waals surface area (Å²) in [6, 6.07) is 7.56. The van der Waals surface area contributed by atoms with Crippen LogP contribution in [-0.4, -0.2) is 24.8 Å². The zero-order valence-electron chi connectivity index (χ0n) is 8.46. The molecule has 0 amide bonds. The molecule has 0 radical (unpaired) electrons. The lowest BCUT2D eigenvalue weighted by Crippen LogP contribution is -2.30. The number of aliphatic imine (C=N–C) groups is 1. The Morgan fingerprint density at radius 3 is 2.60 bits per heavy atom. The van der Waals surface area contributed by atoms with Gasteiger partial charge in [0.05, 0.1) is 0 Å². The highest BCUT2D eigenvalue weighted by atomic mass is 15.0. The van der Waals surface area contributed by atoms with E-state index >= 15 is 0 Å². The summed E-state index contributed by atoms with van der Waals surface area (Å²) in [4.78, 5) is 4.39. The first-order chi connectivity index (χ1) is 7.27. The minimum Gasteiger partial charge on any atom is -0.384 e. The maximum Gasteiger partial charge on any atom is 0.128 e. The van der Waals surface area contributed by atoms with Crippen LogP contribution in [0.1, 0.15) is 17.5 Å². The highest BCUT2D eigenvalue weighted by Gasteiger charge is 2.06. The van der Waals surface area contributed by atoms with E-state index in [2.05, 4.69) is 10.3 Å². The Morgan fingerprint density at radius 2 is 2.07 bits per heavy atom. The summed E-state index contributed by atoms with van der Waals surface area (Å²) >= 11 is 0. The second kappa shape index (κ2) is 4.13. The van der Waals surface area contributed by atoms with Gasteiger partial charge in [0.15, 0.2) is 0 Å². The van der Waals surface area contributed by atoms with Gasteiger partial charge in [-0.25, -0.2) is 0 Å². The van der Waals surface area contributed by atoms with Crippen LogP contribution in [0.25, 0.3) is 0 Å². The van der Waals surface area contributed by atoms with Crippen LogP contribution in [-0.2, 0) is 0 Å². The van der Waals surface area contributed by atoms with Crippen molar-refractivity contribution in [3.8, 4) is 0 Å². The van der Waals surface area contributed by atoms with Crippen LogP contribution in [0.4, 0.5) is 0 Å². The predicted molar refractivity (Wildman–Crippen MR) is 61.5 cm³/mol. The van der Waals surface area contributed by atoms with E-state index in [1.807, 2.05) is 24.3 Å². The Hall–Kier alpha value is -1.84. The van der Waals surface area contributed by atoms with E-state index in [-0.39, 0.29) is 5.84 Å². The molecule has 0 unspecified atom stereocenters. The highest BCUT2D eigenvalue weighted by molar-refractivity contribution is 6.00. The molecule has 1 aliphatic heterocycles. The lowest BCUT2D eigenvalue weighted by molar-refractivity contribution is 0.742. The Labute approximate surface area is 88.7 Å². The van der Waals surface area contributed by atoms with E-state index in [9.17, 15) is 0 Å². The molecule has 1 heterocycles. The lowest BCUT2D eigenvalue weighted by Gasteiger charge is -2.14. The fourth-order valence-corrected chi connectivity index (χ4v) is 1.53. The predicted octanol–water partition coefficient (Wildman–Crippen LogP) is 0.711. The molecular formula is C11H14N4. The smallest absolute Gasteiger partial charge is 0.128 e. The van der Waals surface area contributed by atoms with Crippen LogP contribution >= 0.6 is 0 Å². The Balaban J connectivity index is 2.23. The number of benzene rings is 1. The molecule has 0 atom stereocenters. The first-order valence-electron chi connectivity index (χ1n) is 5.00. The van der Waals surface area contributed by atoms with Gasteiger partial charge >= 0.3 is 0 Å². The number of nitrogen functional groups attached to an aromatic ring is 1. The Morgan fingerprint density at radius 1 is 1.33 bits per heavy atom. The van der Waals surface area contributed by atoms with Crippen molar-refractivity contribution in [1.82, 2.24) is 5.32 Å². The normalized spacial score (nSPS) is 15.3. The number of amidine groups is 2. The summed E-state index contributed by atoms with van der Waals surface area (Å²) in [6.45, 7) is 1.87. The SMILES string of the molecule is N=C(N)c1ccc(C2=NCCCN2)cc1. The third kappa shape index (κ3) is 2.15. The van der Waals surface area contributed by atoms with Crippen LogP contribution < -0.4 is 11.1 Å². The van der Waals surface area contributed by atoms with Crippen molar-refractivity contribution in [2.75, 3.05) is 13.1 Å². The third-order valence-electron chi connectivity index (χ3n) is 2.37. The van der Waals surface area contributed by atoms with E-state index in [0.717, 1.165) is 36.5 Å². The summed E-state index contributed by atoms with van der Waals surface area (Å²) in [5, 5.41) is 10.5. The maximum absolute atomic E-state index is 7.28. The molecular weight excluding hydrogens is 188 g/mol. The summed E-state index contributed by atoms with van der Waals surface area (Å²) in [7, 11) is 0. The standard InChI is InChI=1S/C11H14N4/c12-10(13)8-2-4-9(5-3-8)11-14-6-1-7-15-11/h2-5H,1,6-7H2,(H3,12,13)(H,14,15). The van der Waals surface area contributed by atoms with Gasteiger partial charge in [0.1, 0.15) is 11.7 Å². The summed E-state index contributed by atoms with van der Waals surface area (Å²) in [5.74, 6) is 1.04. The quantitative estimate of drug-likeness (QED) is 0.488. The Bertz CT molecular complexity index is 392. The molecule has 2 rings (SSSR count). The van der Waals surface area contributed by atoms with E-state index < -0.39 is 0 Å². The molecule has 1 aromatic rings. The molecule has 1 aromatic carbocycles. The van der Waals surface area contributed by atoms with Gasteiger partial charge in [-0.3, -0.25) is 10.4 Å². The summed E-state index contributed by atoms with van der Waals surface area (Å²) in [6.07, 6.45) is 1.09. The molecule has 0 saturated heterocycles. The van der Waals surface area contributed by atoms with Crippen molar-refractivity contribution in [2.45, 2.75) is 6.42 Å². The zero-order valence-corrected chi connectivity index (χ0v) is 8.46. The molecule has 4 nitrogen and oxygen atoms in total. The molecule has 78 valence electrons. The highest BCUT2D eigenvalue weighted by Crippen LogP contribution is 2.06. The second-order valence-corrected chi connectivity index (χ2v) is 3.50. The van der Waals surface area contributed by atoms with Crippen LogP contribution in [0.15, 0.2) is 29.3 Å². The van der Waals surface area contributed by atoms with E-state index in [0.29, 0.717) is 0 Å². The average molecular weight is 202 g/mol. The lowest BCUT2D eigenvalue weighted by atomic mass is 10.1. The van der Waals surface area contributed by atoms with E-state index in [4.69, 9.17) is 11.1 Å². The van der Waals surface area contributed by atoms with Crippen molar-refractivity contribution >= 4 is 11.7 Å². The molecule has 0 spiro atoms.